The van der Waals surface area contributed by atoms with Crippen LogP contribution >= 0.6 is 0 Å². The van der Waals surface area contributed by atoms with E-state index in [9.17, 15) is 0 Å². The fourth-order valence-electron chi connectivity index (χ4n) is 2.61. The largest absolute Gasteiger partial charge is 0.374 e. The summed E-state index contributed by atoms with van der Waals surface area (Å²) in [5, 5.41) is 9.09. The third-order valence-corrected chi connectivity index (χ3v) is 4.03. The van der Waals surface area contributed by atoms with Gasteiger partial charge >= 0.3 is 0 Å². The highest BCUT2D eigenvalue weighted by atomic mass is 16.5. The van der Waals surface area contributed by atoms with Crippen molar-refractivity contribution < 1.29 is 4.74 Å². The minimum absolute atomic E-state index is 0.0965. The molecule has 2 fully saturated rings. The zero-order valence-electron chi connectivity index (χ0n) is 11.0. The zero-order chi connectivity index (χ0) is 12.3. The van der Waals surface area contributed by atoms with Crippen molar-refractivity contribution in [1.82, 2.24) is 9.80 Å². The molecule has 0 radical (unpaired) electrons. The van der Waals surface area contributed by atoms with Gasteiger partial charge in [0.25, 0.3) is 0 Å². The van der Waals surface area contributed by atoms with E-state index in [1.807, 2.05) is 0 Å². The maximum absolute atomic E-state index is 9.09. The van der Waals surface area contributed by atoms with Gasteiger partial charge in [-0.15, -0.1) is 0 Å². The second-order valence-electron chi connectivity index (χ2n) is 5.73. The quantitative estimate of drug-likeness (QED) is 0.716. The maximum atomic E-state index is 9.09. The Morgan fingerprint density at radius 2 is 2.06 bits per heavy atom. The van der Waals surface area contributed by atoms with E-state index in [-0.39, 0.29) is 5.41 Å². The van der Waals surface area contributed by atoms with Gasteiger partial charge in [-0.05, 0) is 39.9 Å². The third-order valence-electron chi connectivity index (χ3n) is 4.03. The number of likely N-dealkylation sites (N-methyl/N-ethyl adjacent to an activating group) is 1. The lowest BCUT2D eigenvalue weighted by Gasteiger charge is -2.38. The van der Waals surface area contributed by atoms with E-state index in [0.29, 0.717) is 6.10 Å². The summed E-state index contributed by atoms with van der Waals surface area (Å²) >= 11 is 0. The number of morpholine rings is 1. The monoisotopic (exact) mass is 237 g/mol. The molecule has 0 aromatic heterocycles. The molecule has 0 N–H and O–H groups in total. The average Bonchev–Trinajstić information content (AvgIpc) is 2.33. The number of piperidine rings is 1. The number of hydrogen-bond donors (Lipinski definition) is 0. The number of nitriles is 1. The van der Waals surface area contributed by atoms with E-state index in [2.05, 4.69) is 29.8 Å². The molecule has 0 amide bonds. The van der Waals surface area contributed by atoms with Crippen molar-refractivity contribution in [3.63, 3.8) is 0 Å². The van der Waals surface area contributed by atoms with Gasteiger partial charge in [0.2, 0.25) is 0 Å². The van der Waals surface area contributed by atoms with Crippen LogP contribution in [0.15, 0.2) is 0 Å². The molecule has 2 heterocycles. The van der Waals surface area contributed by atoms with E-state index >= 15 is 0 Å². The van der Waals surface area contributed by atoms with Crippen LogP contribution in [-0.4, -0.2) is 62.3 Å². The summed E-state index contributed by atoms with van der Waals surface area (Å²) in [5.41, 5.74) is -0.0965. The first-order chi connectivity index (χ1) is 8.11. The van der Waals surface area contributed by atoms with E-state index < -0.39 is 0 Å². The fraction of sp³-hybridized carbons (Fsp3) is 0.923. The van der Waals surface area contributed by atoms with Gasteiger partial charge in [0, 0.05) is 19.6 Å². The van der Waals surface area contributed by atoms with Gasteiger partial charge in [-0.3, -0.25) is 0 Å². The van der Waals surface area contributed by atoms with Crippen molar-refractivity contribution in [3.8, 4) is 6.07 Å². The molecule has 17 heavy (non-hydrogen) atoms. The Labute approximate surface area is 104 Å². The van der Waals surface area contributed by atoms with Crippen molar-refractivity contribution in [1.29, 1.82) is 5.26 Å². The van der Waals surface area contributed by atoms with Crippen LogP contribution in [0.4, 0.5) is 0 Å². The van der Waals surface area contributed by atoms with Crippen LogP contribution in [0, 0.1) is 16.7 Å². The molecular formula is C13H23N3O. The lowest BCUT2D eigenvalue weighted by Crippen LogP contribution is -2.48. The first-order valence-corrected chi connectivity index (χ1v) is 6.55. The lowest BCUT2D eigenvalue weighted by atomic mass is 9.82. The second-order valence-corrected chi connectivity index (χ2v) is 5.73. The van der Waals surface area contributed by atoms with Gasteiger partial charge in [0.15, 0.2) is 0 Å². The summed E-state index contributed by atoms with van der Waals surface area (Å²) in [6.07, 6.45) is 2.33. The molecule has 1 atom stereocenters. The van der Waals surface area contributed by atoms with Gasteiger partial charge in [0.05, 0.1) is 24.2 Å². The molecule has 2 aliphatic rings. The fourth-order valence-corrected chi connectivity index (χ4v) is 2.61. The Morgan fingerprint density at radius 3 is 2.65 bits per heavy atom. The van der Waals surface area contributed by atoms with Gasteiger partial charge in [-0.25, -0.2) is 0 Å². The third kappa shape index (κ3) is 3.41. The molecule has 4 nitrogen and oxygen atoms in total. The maximum Gasteiger partial charge on any atom is 0.0829 e. The molecule has 0 aliphatic carbocycles. The number of ether oxygens (including phenoxy) is 1. The van der Waals surface area contributed by atoms with Crippen molar-refractivity contribution >= 4 is 0 Å². The highest BCUT2D eigenvalue weighted by Crippen LogP contribution is 2.29. The van der Waals surface area contributed by atoms with Crippen molar-refractivity contribution in [2.45, 2.75) is 25.9 Å². The average molecular weight is 237 g/mol. The molecule has 0 saturated carbocycles. The number of hydrogen-bond acceptors (Lipinski definition) is 4. The minimum atomic E-state index is -0.0965. The zero-order valence-corrected chi connectivity index (χ0v) is 11.0. The van der Waals surface area contributed by atoms with Crippen molar-refractivity contribution in [3.05, 3.63) is 0 Å². The summed E-state index contributed by atoms with van der Waals surface area (Å²) in [7, 11) is 2.15. The lowest BCUT2D eigenvalue weighted by molar-refractivity contribution is -0.0406. The summed E-state index contributed by atoms with van der Waals surface area (Å²) in [6.45, 7) is 8.10. The van der Waals surface area contributed by atoms with Crippen LogP contribution in [0.3, 0.4) is 0 Å². The smallest absolute Gasteiger partial charge is 0.0829 e. The highest BCUT2D eigenvalue weighted by Gasteiger charge is 2.31. The van der Waals surface area contributed by atoms with Crippen LogP contribution in [-0.2, 0) is 4.74 Å². The van der Waals surface area contributed by atoms with Crippen molar-refractivity contribution in [2.75, 3.05) is 46.4 Å². The first kappa shape index (κ1) is 12.8. The predicted molar refractivity (Wildman–Crippen MR) is 66.6 cm³/mol. The summed E-state index contributed by atoms with van der Waals surface area (Å²) in [6, 6.07) is 2.45. The Bertz CT molecular complexity index is 292. The molecule has 0 aromatic rings. The molecule has 96 valence electrons. The van der Waals surface area contributed by atoms with Gasteiger partial charge in [0.1, 0.15) is 0 Å². The van der Waals surface area contributed by atoms with Crippen molar-refractivity contribution in [2.24, 2.45) is 5.41 Å². The van der Waals surface area contributed by atoms with Crippen LogP contribution in [0.1, 0.15) is 19.8 Å². The van der Waals surface area contributed by atoms with Crippen LogP contribution in [0.2, 0.25) is 0 Å². The molecule has 0 aromatic carbocycles. The summed E-state index contributed by atoms with van der Waals surface area (Å²) < 4.78 is 5.78. The molecule has 0 bridgehead atoms. The van der Waals surface area contributed by atoms with E-state index in [0.717, 1.165) is 52.2 Å². The minimum Gasteiger partial charge on any atom is -0.374 e. The van der Waals surface area contributed by atoms with Gasteiger partial charge in [-0.2, -0.15) is 5.26 Å². The Kier molecular flexibility index (Phi) is 4.03. The highest BCUT2D eigenvalue weighted by molar-refractivity contribution is 4.99. The Hall–Kier alpha value is -0.630. The predicted octanol–water partition coefficient (Wildman–Crippen LogP) is 0.943. The Morgan fingerprint density at radius 1 is 1.35 bits per heavy atom. The van der Waals surface area contributed by atoms with E-state index in [1.165, 1.54) is 0 Å². The second kappa shape index (κ2) is 5.34. The van der Waals surface area contributed by atoms with Gasteiger partial charge in [-0.1, -0.05) is 0 Å². The van der Waals surface area contributed by atoms with E-state index in [4.69, 9.17) is 10.00 Å². The molecular weight excluding hydrogens is 214 g/mol. The number of likely N-dealkylation sites (tertiary alicyclic amines) is 1. The SMILES string of the molecule is CN1CCOC(CN2CCC(C)(C#N)CC2)C1. The summed E-state index contributed by atoms with van der Waals surface area (Å²) in [4.78, 5) is 4.78. The number of rotatable bonds is 2. The molecule has 4 heteroatoms. The molecule has 2 aliphatic heterocycles. The Balaban J connectivity index is 1.76. The molecule has 2 rings (SSSR count). The number of nitrogens with zero attached hydrogens (tertiary/aromatic N) is 3. The first-order valence-electron chi connectivity index (χ1n) is 6.55. The summed E-state index contributed by atoms with van der Waals surface area (Å²) in [5.74, 6) is 0. The van der Waals surface area contributed by atoms with Gasteiger partial charge < -0.3 is 14.5 Å². The standard InChI is InChI=1S/C13H23N3O/c1-13(11-14)3-5-16(6-4-13)10-12-9-15(2)7-8-17-12/h12H,3-10H2,1-2H3. The normalized spacial score (nSPS) is 31.0. The molecule has 2 saturated heterocycles. The van der Waals surface area contributed by atoms with Crippen LogP contribution in [0.25, 0.3) is 0 Å². The van der Waals surface area contributed by atoms with Crippen LogP contribution in [0.5, 0.6) is 0 Å². The topological polar surface area (TPSA) is 39.5 Å². The molecule has 0 spiro atoms. The molecule has 1 unspecified atom stereocenters. The van der Waals surface area contributed by atoms with E-state index in [1.54, 1.807) is 0 Å². The van der Waals surface area contributed by atoms with Crippen LogP contribution < -0.4 is 0 Å².